The summed E-state index contributed by atoms with van der Waals surface area (Å²) in [5.41, 5.74) is 0.408. The van der Waals surface area contributed by atoms with Crippen molar-refractivity contribution in [3.05, 3.63) is 29.6 Å². The number of aliphatic hydroxyl groups is 1. The molecule has 0 unspecified atom stereocenters. The minimum absolute atomic E-state index is 0.134. The molecule has 0 saturated carbocycles. The minimum Gasteiger partial charge on any atom is -0.506 e. The number of rotatable bonds is 3. The molecule has 0 aliphatic rings. The zero-order valence-electron chi connectivity index (χ0n) is 8.19. The first-order valence-corrected chi connectivity index (χ1v) is 4.20. The number of carbonyl (C=O) groups is 1. The molecule has 1 heterocycles. The second-order valence-electron chi connectivity index (χ2n) is 3.03. The lowest BCUT2D eigenvalue weighted by molar-refractivity contribution is -0.130. The summed E-state index contributed by atoms with van der Waals surface area (Å²) in [6, 6.07) is 0. The Bertz CT molecular complexity index is 426. The van der Waals surface area contributed by atoms with E-state index >= 15 is 0 Å². The van der Waals surface area contributed by atoms with Crippen molar-refractivity contribution in [2.45, 2.75) is 13.5 Å². The summed E-state index contributed by atoms with van der Waals surface area (Å²) >= 11 is 0. The first-order valence-electron chi connectivity index (χ1n) is 4.20. The number of aliphatic carboxylic acids is 1. The molecule has 1 aromatic rings. The number of aliphatic hydroxyl groups excluding tert-OH is 1. The summed E-state index contributed by atoms with van der Waals surface area (Å²) in [4.78, 5) is 14.5. The molecule has 80 valence electrons. The van der Waals surface area contributed by atoms with Gasteiger partial charge in [-0.1, -0.05) is 6.58 Å². The third-order valence-corrected chi connectivity index (χ3v) is 2.08. The average molecular weight is 209 g/mol. The summed E-state index contributed by atoms with van der Waals surface area (Å²) in [6.07, 6.45) is 1.27. The Balaban J connectivity index is 3.37. The van der Waals surface area contributed by atoms with Crippen molar-refractivity contribution in [2.75, 3.05) is 0 Å². The summed E-state index contributed by atoms with van der Waals surface area (Å²) < 4.78 is 0. The van der Waals surface area contributed by atoms with Gasteiger partial charge in [-0.15, -0.1) is 0 Å². The van der Waals surface area contributed by atoms with E-state index in [2.05, 4.69) is 11.6 Å². The molecule has 0 bridgehead atoms. The van der Waals surface area contributed by atoms with E-state index in [0.29, 0.717) is 5.69 Å². The number of nitrogens with zero attached hydrogens (tertiary/aromatic N) is 1. The van der Waals surface area contributed by atoms with Crippen LogP contribution in [0, 0.1) is 6.92 Å². The highest BCUT2D eigenvalue weighted by molar-refractivity contribution is 6.14. The Morgan fingerprint density at radius 1 is 1.60 bits per heavy atom. The molecule has 15 heavy (non-hydrogen) atoms. The Morgan fingerprint density at radius 2 is 2.20 bits per heavy atom. The molecule has 1 rings (SSSR count). The van der Waals surface area contributed by atoms with Crippen LogP contribution in [0.1, 0.15) is 16.8 Å². The SMILES string of the molecule is C=C(C(=O)O)c1cnc(C)c(O)c1CO. The van der Waals surface area contributed by atoms with Crippen LogP contribution < -0.4 is 0 Å². The number of aryl methyl sites for hydroxylation is 1. The zero-order chi connectivity index (χ0) is 11.6. The Labute approximate surface area is 86.3 Å². The molecule has 5 nitrogen and oxygen atoms in total. The molecular formula is C10H11NO4. The van der Waals surface area contributed by atoms with Crippen LogP contribution in [0.25, 0.3) is 5.57 Å². The van der Waals surface area contributed by atoms with Crippen molar-refractivity contribution in [3.63, 3.8) is 0 Å². The van der Waals surface area contributed by atoms with Crippen LogP contribution in [-0.2, 0) is 11.4 Å². The lowest BCUT2D eigenvalue weighted by Gasteiger charge is -2.10. The topological polar surface area (TPSA) is 90.7 Å². The van der Waals surface area contributed by atoms with Gasteiger partial charge < -0.3 is 15.3 Å². The zero-order valence-corrected chi connectivity index (χ0v) is 8.19. The lowest BCUT2D eigenvalue weighted by atomic mass is 10.0. The van der Waals surface area contributed by atoms with Crippen molar-refractivity contribution in [3.8, 4) is 5.75 Å². The fraction of sp³-hybridized carbons (Fsp3) is 0.200. The van der Waals surface area contributed by atoms with Gasteiger partial charge in [0.25, 0.3) is 0 Å². The van der Waals surface area contributed by atoms with Gasteiger partial charge in [-0.2, -0.15) is 0 Å². The number of aromatic hydroxyl groups is 1. The van der Waals surface area contributed by atoms with Gasteiger partial charge >= 0.3 is 5.97 Å². The van der Waals surface area contributed by atoms with Gasteiger partial charge in [-0.3, -0.25) is 4.98 Å². The predicted molar refractivity (Wildman–Crippen MR) is 53.2 cm³/mol. The molecule has 0 atom stereocenters. The third kappa shape index (κ3) is 1.97. The van der Waals surface area contributed by atoms with Crippen molar-refractivity contribution >= 4 is 11.5 Å². The highest BCUT2D eigenvalue weighted by Gasteiger charge is 2.16. The maximum atomic E-state index is 10.7. The quantitative estimate of drug-likeness (QED) is 0.637. The number of carboxylic acids is 1. The summed E-state index contributed by atoms with van der Waals surface area (Å²) in [5.74, 6) is -1.41. The van der Waals surface area contributed by atoms with E-state index in [1.54, 1.807) is 6.92 Å². The normalized spacial score (nSPS) is 10.0. The molecule has 5 heteroatoms. The van der Waals surface area contributed by atoms with E-state index in [0.717, 1.165) is 0 Å². The maximum absolute atomic E-state index is 10.7. The number of hydrogen-bond acceptors (Lipinski definition) is 4. The van der Waals surface area contributed by atoms with E-state index in [9.17, 15) is 9.90 Å². The van der Waals surface area contributed by atoms with E-state index in [-0.39, 0.29) is 22.4 Å². The van der Waals surface area contributed by atoms with Gasteiger partial charge in [-0.05, 0) is 6.92 Å². The average Bonchev–Trinajstić information content (AvgIpc) is 2.20. The Hall–Kier alpha value is -1.88. The highest BCUT2D eigenvalue weighted by atomic mass is 16.4. The van der Waals surface area contributed by atoms with Crippen LogP contribution in [0.5, 0.6) is 5.75 Å². The second-order valence-corrected chi connectivity index (χ2v) is 3.03. The van der Waals surface area contributed by atoms with Crippen LogP contribution in [0.3, 0.4) is 0 Å². The molecule has 0 spiro atoms. The molecule has 0 aliphatic carbocycles. The lowest BCUT2D eigenvalue weighted by Crippen LogP contribution is -2.04. The fourth-order valence-corrected chi connectivity index (χ4v) is 1.18. The van der Waals surface area contributed by atoms with E-state index in [1.807, 2.05) is 0 Å². The van der Waals surface area contributed by atoms with Crippen LogP contribution in [0.2, 0.25) is 0 Å². The van der Waals surface area contributed by atoms with Crippen LogP contribution >= 0.6 is 0 Å². The standard InChI is InChI=1S/C10H11NO4/c1-5(10(14)15)7-3-11-6(2)9(13)8(7)4-12/h3,12-13H,1,4H2,2H3,(H,14,15). The van der Waals surface area contributed by atoms with Gasteiger partial charge in [0.05, 0.1) is 17.9 Å². The van der Waals surface area contributed by atoms with E-state index in [4.69, 9.17) is 10.2 Å². The van der Waals surface area contributed by atoms with Crippen molar-refractivity contribution in [2.24, 2.45) is 0 Å². The summed E-state index contributed by atoms with van der Waals surface area (Å²) in [6.45, 7) is 4.44. The largest absolute Gasteiger partial charge is 0.506 e. The molecule has 0 amide bonds. The number of pyridine rings is 1. The van der Waals surface area contributed by atoms with Crippen LogP contribution in [0.15, 0.2) is 12.8 Å². The summed E-state index contributed by atoms with van der Waals surface area (Å²) in [7, 11) is 0. The number of aromatic nitrogens is 1. The molecule has 0 aliphatic heterocycles. The number of hydrogen-bond donors (Lipinski definition) is 3. The van der Waals surface area contributed by atoms with Crippen molar-refractivity contribution in [1.29, 1.82) is 0 Å². The molecular weight excluding hydrogens is 198 g/mol. The fourth-order valence-electron chi connectivity index (χ4n) is 1.18. The van der Waals surface area contributed by atoms with Gasteiger partial charge in [-0.25, -0.2) is 4.79 Å². The minimum atomic E-state index is -1.21. The van der Waals surface area contributed by atoms with Crippen LogP contribution in [0.4, 0.5) is 0 Å². The monoisotopic (exact) mass is 209 g/mol. The van der Waals surface area contributed by atoms with Gasteiger partial charge in [0.15, 0.2) is 0 Å². The molecule has 0 radical (unpaired) electrons. The van der Waals surface area contributed by atoms with Crippen LogP contribution in [-0.4, -0.2) is 26.3 Å². The Kier molecular flexibility index (Phi) is 3.06. The maximum Gasteiger partial charge on any atom is 0.335 e. The van der Waals surface area contributed by atoms with Gasteiger partial charge in [0.1, 0.15) is 5.75 Å². The Morgan fingerprint density at radius 3 is 2.67 bits per heavy atom. The van der Waals surface area contributed by atoms with Crippen molar-refractivity contribution < 1.29 is 20.1 Å². The molecule has 3 N–H and O–H groups in total. The molecule has 1 aromatic heterocycles. The second kappa shape index (κ2) is 4.10. The van der Waals surface area contributed by atoms with Gasteiger partial charge in [0.2, 0.25) is 0 Å². The van der Waals surface area contributed by atoms with E-state index in [1.165, 1.54) is 6.20 Å². The first kappa shape index (κ1) is 11.2. The highest BCUT2D eigenvalue weighted by Crippen LogP contribution is 2.27. The predicted octanol–water partition coefficient (Wildman–Crippen LogP) is 0.686. The summed E-state index contributed by atoms with van der Waals surface area (Å²) in [5, 5.41) is 27.3. The molecule has 0 fully saturated rings. The molecule has 0 aromatic carbocycles. The third-order valence-electron chi connectivity index (χ3n) is 2.08. The van der Waals surface area contributed by atoms with E-state index < -0.39 is 12.6 Å². The first-order chi connectivity index (χ1) is 6.99. The van der Waals surface area contributed by atoms with Gasteiger partial charge in [0, 0.05) is 17.3 Å². The van der Waals surface area contributed by atoms with Crippen molar-refractivity contribution in [1.82, 2.24) is 4.98 Å². The smallest absolute Gasteiger partial charge is 0.335 e. The number of carboxylic acid groups (broad SMARTS) is 1. The molecule has 0 saturated heterocycles.